The molecule has 7 nitrogen and oxygen atoms in total. The Hall–Kier alpha value is -2.31. The smallest absolute Gasteiger partial charge is 0.410 e. The fourth-order valence-corrected chi connectivity index (χ4v) is 2.88. The summed E-state index contributed by atoms with van der Waals surface area (Å²) in [5.41, 5.74) is 7.12. The number of hydrogen-bond acceptors (Lipinski definition) is 5. The predicted molar refractivity (Wildman–Crippen MR) is 87.2 cm³/mol. The molecule has 0 saturated carbocycles. The largest absolute Gasteiger partial charge is 0.444 e. The number of carbonyl (C=O) groups is 1. The van der Waals surface area contributed by atoms with Crippen molar-refractivity contribution in [1.82, 2.24) is 19.5 Å². The number of anilines is 1. The predicted octanol–water partition coefficient (Wildman–Crippen LogP) is 2.43. The Morgan fingerprint density at radius 2 is 2.00 bits per heavy atom. The van der Waals surface area contributed by atoms with Crippen molar-refractivity contribution in [3.05, 3.63) is 23.9 Å². The van der Waals surface area contributed by atoms with Gasteiger partial charge in [0.05, 0.1) is 0 Å². The molecule has 1 aliphatic rings. The van der Waals surface area contributed by atoms with Gasteiger partial charge in [-0.2, -0.15) is 4.98 Å². The minimum absolute atomic E-state index is 0.226. The lowest BCUT2D eigenvalue weighted by atomic mass is 9.91. The van der Waals surface area contributed by atoms with Gasteiger partial charge in [0.15, 0.2) is 5.65 Å². The molecule has 2 aromatic rings. The zero-order valence-corrected chi connectivity index (χ0v) is 13.8. The van der Waals surface area contributed by atoms with E-state index < -0.39 is 5.60 Å². The maximum atomic E-state index is 12.1. The van der Waals surface area contributed by atoms with Crippen LogP contribution in [0.15, 0.2) is 18.3 Å². The van der Waals surface area contributed by atoms with E-state index in [2.05, 4.69) is 16.1 Å². The van der Waals surface area contributed by atoms with Gasteiger partial charge < -0.3 is 15.4 Å². The van der Waals surface area contributed by atoms with Crippen LogP contribution in [0.3, 0.4) is 0 Å². The highest BCUT2D eigenvalue weighted by molar-refractivity contribution is 5.68. The third kappa shape index (κ3) is 3.55. The summed E-state index contributed by atoms with van der Waals surface area (Å²) in [5.74, 6) is 0.686. The highest BCUT2D eigenvalue weighted by Gasteiger charge is 2.27. The Labute approximate surface area is 135 Å². The molecule has 0 atom stereocenters. The van der Waals surface area contributed by atoms with E-state index in [1.54, 1.807) is 9.42 Å². The molecule has 1 saturated heterocycles. The van der Waals surface area contributed by atoms with Crippen LogP contribution in [-0.2, 0) is 4.74 Å². The van der Waals surface area contributed by atoms with Crippen molar-refractivity contribution >= 4 is 17.7 Å². The highest BCUT2D eigenvalue weighted by atomic mass is 16.6. The van der Waals surface area contributed by atoms with Crippen LogP contribution in [0, 0.1) is 0 Å². The van der Waals surface area contributed by atoms with E-state index in [1.807, 2.05) is 33.0 Å². The van der Waals surface area contributed by atoms with Crippen molar-refractivity contribution in [3.63, 3.8) is 0 Å². The molecule has 3 rings (SSSR count). The number of nitrogens with two attached hydrogens (primary N) is 1. The number of amides is 1. The first-order chi connectivity index (χ1) is 10.8. The van der Waals surface area contributed by atoms with Gasteiger partial charge in [0, 0.05) is 19.3 Å². The molecule has 3 heterocycles. The molecule has 0 spiro atoms. The van der Waals surface area contributed by atoms with Gasteiger partial charge in [0.2, 0.25) is 5.95 Å². The fraction of sp³-hybridized carbons (Fsp3) is 0.562. The second kappa shape index (κ2) is 5.72. The van der Waals surface area contributed by atoms with Crippen LogP contribution in [-0.4, -0.2) is 44.3 Å². The molecule has 1 fully saturated rings. The van der Waals surface area contributed by atoms with Crippen molar-refractivity contribution in [1.29, 1.82) is 0 Å². The van der Waals surface area contributed by atoms with Crippen molar-refractivity contribution in [2.75, 3.05) is 18.8 Å². The number of rotatable bonds is 1. The first-order valence-corrected chi connectivity index (χ1v) is 7.91. The summed E-state index contributed by atoms with van der Waals surface area (Å²) in [6.45, 7) is 7.07. The molecule has 0 bridgehead atoms. The van der Waals surface area contributed by atoms with Gasteiger partial charge in [-0.1, -0.05) is 6.07 Å². The number of carbonyl (C=O) groups excluding carboxylic acids is 1. The van der Waals surface area contributed by atoms with E-state index >= 15 is 0 Å². The summed E-state index contributed by atoms with van der Waals surface area (Å²) < 4.78 is 7.14. The molecule has 1 aliphatic heterocycles. The maximum Gasteiger partial charge on any atom is 0.410 e. The number of hydrogen-bond donors (Lipinski definition) is 1. The number of piperidine rings is 1. The Morgan fingerprint density at radius 1 is 1.30 bits per heavy atom. The number of pyridine rings is 1. The first-order valence-electron chi connectivity index (χ1n) is 7.91. The van der Waals surface area contributed by atoms with Gasteiger partial charge in [-0.05, 0) is 51.2 Å². The summed E-state index contributed by atoms with van der Waals surface area (Å²) in [7, 11) is 0. The molecule has 23 heavy (non-hydrogen) atoms. The van der Waals surface area contributed by atoms with Crippen molar-refractivity contribution < 1.29 is 9.53 Å². The summed E-state index contributed by atoms with van der Waals surface area (Å²) in [6.07, 6.45) is 3.58. The zero-order valence-electron chi connectivity index (χ0n) is 13.8. The number of nitrogen functional groups attached to an aromatic ring is 1. The SMILES string of the molecule is CC(C)(C)OC(=O)N1CCC(c2ccc3nc(N)nn3c2)CC1. The van der Waals surface area contributed by atoms with E-state index in [0.29, 0.717) is 19.0 Å². The molecular formula is C16H23N5O2. The van der Waals surface area contributed by atoms with Gasteiger partial charge >= 0.3 is 6.09 Å². The third-order valence-electron chi connectivity index (χ3n) is 3.99. The lowest BCUT2D eigenvalue weighted by molar-refractivity contribution is 0.0205. The van der Waals surface area contributed by atoms with Crippen LogP contribution >= 0.6 is 0 Å². The molecule has 0 aromatic carbocycles. The second-order valence-electron chi connectivity index (χ2n) is 6.98. The van der Waals surface area contributed by atoms with Crippen molar-refractivity contribution in [2.45, 2.75) is 45.1 Å². The molecule has 7 heteroatoms. The minimum atomic E-state index is -0.452. The summed E-state index contributed by atoms with van der Waals surface area (Å²) in [4.78, 5) is 18.0. The Bertz CT molecular complexity index is 711. The molecule has 0 radical (unpaired) electrons. The standard InChI is InChI=1S/C16H23N5O2/c1-16(2,3)23-15(22)20-8-6-11(7-9-20)12-4-5-13-18-14(17)19-21(13)10-12/h4-5,10-11H,6-9H2,1-3H3,(H2,17,19). The number of fused-ring (bicyclic) bond motifs is 1. The summed E-state index contributed by atoms with van der Waals surface area (Å²) in [5, 5.41) is 4.15. The number of ether oxygens (including phenoxy) is 1. The van der Waals surface area contributed by atoms with Crippen LogP contribution in [0.1, 0.15) is 45.1 Å². The van der Waals surface area contributed by atoms with E-state index in [4.69, 9.17) is 10.5 Å². The third-order valence-corrected chi connectivity index (χ3v) is 3.99. The van der Waals surface area contributed by atoms with Crippen LogP contribution in [0.2, 0.25) is 0 Å². The second-order valence-corrected chi connectivity index (χ2v) is 6.98. The monoisotopic (exact) mass is 317 g/mol. The average Bonchev–Trinajstić information content (AvgIpc) is 2.84. The molecule has 1 amide bonds. The molecule has 2 N–H and O–H groups in total. The minimum Gasteiger partial charge on any atom is -0.444 e. The van der Waals surface area contributed by atoms with Crippen molar-refractivity contribution in [3.8, 4) is 0 Å². The van der Waals surface area contributed by atoms with E-state index in [-0.39, 0.29) is 12.0 Å². The molecule has 124 valence electrons. The lowest BCUT2D eigenvalue weighted by Crippen LogP contribution is -2.41. The summed E-state index contributed by atoms with van der Waals surface area (Å²) >= 11 is 0. The Balaban J connectivity index is 1.64. The molecule has 2 aromatic heterocycles. The fourth-order valence-electron chi connectivity index (χ4n) is 2.88. The van der Waals surface area contributed by atoms with Gasteiger partial charge in [-0.15, -0.1) is 5.10 Å². The zero-order chi connectivity index (χ0) is 16.6. The topological polar surface area (TPSA) is 85.8 Å². The van der Waals surface area contributed by atoms with Gasteiger partial charge in [0.1, 0.15) is 5.60 Å². The van der Waals surface area contributed by atoms with Gasteiger partial charge in [-0.25, -0.2) is 9.31 Å². The highest BCUT2D eigenvalue weighted by Crippen LogP contribution is 2.28. The van der Waals surface area contributed by atoms with E-state index in [0.717, 1.165) is 18.5 Å². The number of likely N-dealkylation sites (tertiary alicyclic amines) is 1. The molecule has 0 unspecified atom stereocenters. The quantitative estimate of drug-likeness (QED) is 0.873. The van der Waals surface area contributed by atoms with Gasteiger partial charge in [0.25, 0.3) is 0 Å². The van der Waals surface area contributed by atoms with Gasteiger partial charge in [-0.3, -0.25) is 0 Å². The van der Waals surface area contributed by atoms with E-state index in [1.165, 1.54) is 5.56 Å². The number of nitrogens with zero attached hydrogens (tertiary/aromatic N) is 4. The first kappa shape index (κ1) is 15.6. The molecule has 0 aliphatic carbocycles. The van der Waals surface area contributed by atoms with Crippen LogP contribution in [0.5, 0.6) is 0 Å². The lowest BCUT2D eigenvalue weighted by Gasteiger charge is -2.33. The maximum absolute atomic E-state index is 12.1. The van der Waals surface area contributed by atoms with Crippen LogP contribution in [0.25, 0.3) is 5.65 Å². The average molecular weight is 317 g/mol. The number of aromatic nitrogens is 3. The Kier molecular flexibility index (Phi) is 3.87. The van der Waals surface area contributed by atoms with E-state index in [9.17, 15) is 4.79 Å². The Morgan fingerprint density at radius 3 is 2.65 bits per heavy atom. The molecular weight excluding hydrogens is 294 g/mol. The van der Waals surface area contributed by atoms with Crippen molar-refractivity contribution in [2.24, 2.45) is 0 Å². The van der Waals surface area contributed by atoms with Crippen LogP contribution < -0.4 is 5.73 Å². The summed E-state index contributed by atoms with van der Waals surface area (Å²) in [6, 6.07) is 4.00. The normalized spacial score (nSPS) is 16.7. The van der Waals surface area contributed by atoms with Crippen LogP contribution in [0.4, 0.5) is 10.7 Å².